The summed E-state index contributed by atoms with van der Waals surface area (Å²) in [6.45, 7) is 3.51. The summed E-state index contributed by atoms with van der Waals surface area (Å²) >= 11 is 5.10. The summed E-state index contributed by atoms with van der Waals surface area (Å²) in [6.07, 6.45) is 0. The quantitative estimate of drug-likeness (QED) is 0.686. The second-order valence-electron chi connectivity index (χ2n) is 6.45. The Balaban J connectivity index is 1.84. The number of rotatable bonds is 8. The Morgan fingerprint density at radius 1 is 1.12 bits per heavy atom. The number of thioether (sulfide) groups is 1. The van der Waals surface area contributed by atoms with Crippen molar-refractivity contribution < 1.29 is 9.69 Å². The van der Waals surface area contributed by atoms with Gasteiger partial charge in [0, 0.05) is 22.3 Å². The Morgan fingerprint density at radius 2 is 1.76 bits per heavy atom. The lowest BCUT2D eigenvalue weighted by molar-refractivity contribution is -0.872. The van der Waals surface area contributed by atoms with Crippen molar-refractivity contribution in [1.29, 1.82) is 0 Å². The van der Waals surface area contributed by atoms with E-state index in [2.05, 4.69) is 65.7 Å². The lowest BCUT2D eigenvalue weighted by Crippen LogP contribution is -3.04. The largest absolute Gasteiger partial charge is 0.351 e. The maximum Gasteiger partial charge on any atom is 0.233 e. The van der Waals surface area contributed by atoms with Gasteiger partial charge in [-0.2, -0.15) is 0 Å². The number of carbonyl (C=O) groups excluding carboxylic acids is 1. The van der Waals surface area contributed by atoms with Crippen LogP contribution in [0.1, 0.15) is 23.6 Å². The number of amides is 1. The molecule has 0 radical (unpaired) electrons. The van der Waals surface area contributed by atoms with E-state index in [4.69, 9.17) is 0 Å². The first-order valence-corrected chi connectivity index (χ1v) is 10.3. The molecular formula is C20H26BrN2OS+. The Kier molecular flexibility index (Phi) is 8.00. The van der Waals surface area contributed by atoms with Crippen molar-refractivity contribution in [3.8, 4) is 0 Å². The maximum atomic E-state index is 12.4. The van der Waals surface area contributed by atoms with Crippen LogP contribution in [0.25, 0.3) is 0 Å². The van der Waals surface area contributed by atoms with Gasteiger partial charge >= 0.3 is 0 Å². The highest BCUT2D eigenvalue weighted by Gasteiger charge is 2.14. The third kappa shape index (κ3) is 6.84. The van der Waals surface area contributed by atoms with Gasteiger partial charge in [-0.25, -0.2) is 0 Å². The molecule has 2 rings (SSSR count). The second-order valence-corrected chi connectivity index (χ2v) is 8.69. The van der Waals surface area contributed by atoms with Crippen molar-refractivity contribution in [2.45, 2.75) is 31.0 Å². The summed E-state index contributed by atoms with van der Waals surface area (Å²) in [5.74, 6) is 0.928. The van der Waals surface area contributed by atoms with Gasteiger partial charge in [-0.1, -0.05) is 52.3 Å². The van der Waals surface area contributed by atoms with Crippen LogP contribution in [-0.2, 0) is 23.6 Å². The summed E-state index contributed by atoms with van der Waals surface area (Å²) in [6, 6.07) is 16.6. The third-order valence-electron chi connectivity index (χ3n) is 3.90. The fraction of sp³-hybridized carbons (Fsp3) is 0.350. The highest BCUT2D eigenvalue weighted by atomic mass is 79.9. The Hall–Kier alpha value is -1.30. The number of hydrogen-bond acceptors (Lipinski definition) is 2. The smallest absolute Gasteiger partial charge is 0.233 e. The topological polar surface area (TPSA) is 33.5 Å². The molecule has 2 aromatic carbocycles. The summed E-state index contributed by atoms with van der Waals surface area (Å²) < 4.78 is 1.07. The molecule has 1 atom stereocenters. The molecule has 25 heavy (non-hydrogen) atoms. The van der Waals surface area contributed by atoms with Crippen molar-refractivity contribution in [1.82, 2.24) is 5.32 Å². The summed E-state index contributed by atoms with van der Waals surface area (Å²) in [7, 11) is 4.27. The summed E-state index contributed by atoms with van der Waals surface area (Å²) in [5.41, 5.74) is 3.72. The summed E-state index contributed by atoms with van der Waals surface area (Å²) in [4.78, 5) is 13.8. The molecule has 2 N–H and O–H groups in total. The van der Waals surface area contributed by atoms with Gasteiger partial charge in [0.2, 0.25) is 5.91 Å². The lowest BCUT2D eigenvalue weighted by atomic mass is 10.1. The molecule has 0 bridgehead atoms. The van der Waals surface area contributed by atoms with E-state index in [-0.39, 0.29) is 11.2 Å². The predicted molar refractivity (Wildman–Crippen MR) is 110 cm³/mol. The average molecular weight is 422 g/mol. The molecule has 0 saturated carbocycles. The third-order valence-corrected chi connectivity index (χ3v) is 5.64. The molecular weight excluding hydrogens is 396 g/mol. The van der Waals surface area contributed by atoms with Crippen molar-refractivity contribution in [2.75, 3.05) is 14.1 Å². The molecule has 1 amide bonds. The minimum absolute atomic E-state index is 0.0738. The van der Waals surface area contributed by atoms with E-state index in [9.17, 15) is 4.79 Å². The van der Waals surface area contributed by atoms with Crippen LogP contribution in [0.15, 0.2) is 53.0 Å². The fourth-order valence-electron chi connectivity index (χ4n) is 2.49. The normalized spacial score (nSPS) is 12.2. The highest BCUT2D eigenvalue weighted by Crippen LogP contribution is 2.20. The molecule has 0 heterocycles. The van der Waals surface area contributed by atoms with Gasteiger partial charge in [0.1, 0.15) is 6.54 Å². The number of benzene rings is 2. The lowest BCUT2D eigenvalue weighted by Gasteiger charge is -2.15. The van der Waals surface area contributed by atoms with E-state index in [0.29, 0.717) is 6.54 Å². The van der Waals surface area contributed by atoms with Crippen LogP contribution in [0.4, 0.5) is 0 Å². The average Bonchev–Trinajstić information content (AvgIpc) is 2.59. The number of nitrogens with one attached hydrogen (secondary N) is 2. The number of carbonyl (C=O) groups is 1. The van der Waals surface area contributed by atoms with Gasteiger partial charge in [0.05, 0.1) is 19.3 Å². The first kappa shape index (κ1) is 20.0. The van der Waals surface area contributed by atoms with E-state index >= 15 is 0 Å². The van der Waals surface area contributed by atoms with Gasteiger partial charge in [0.15, 0.2) is 0 Å². The Morgan fingerprint density at radius 3 is 2.40 bits per heavy atom. The minimum atomic E-state index is -0.0738. The Bertz CT molecular complexity index is 688. The van der Waals surface area contributed by atoms with Crippen LogP contribution < -0.4 is 10.2 Å². The van der Waals surface area contributed by atoms with E-state index < -0.39 is 0 Å². The van der Waals surface area contributed by atoms with Crippen LogP contribution in [0, 0.1) is 0 Å². The number of halogens is 1. The van der Waals surface area contributed by atoms with Crippen LogP contribution in [0.3, 0.4) is 0 Å². The number of hydrogen-bond donors (Lipinski definition) is 2. The van der Waals surface area contributed by atoms with Gasteiger partial charge in [0.25, 0.3) is 0 Å². The molecule has 0 saturated heterocycles. The minimum Gasteiger partial charge on any atom is -0.351 e. The molecule has 0 fully saturated rings. The van der Waals surface area contributed by atoms with Crippen molar-refractivity contribution in [3.05, 3.63) is 69.7 Å². The molecule has 0 unspecified atom stereocenters. The van der Waals surface area contributed by atoms with Gasteiger partial charge < -0.3 is 10.2 Å². The SMILES string of the molecule is C[C@H](SCc1ccc(Br)cc1)C(=O)NCc1ccccc1C[NH+](C)C. The first-order valence-electron chi connectivity index (χ1n) is 8.45. The second kappa shape index (κ2) is 10.00. The van der Waals surface area contributed by atoms with Gasteiger partial charge in [-0.15, -0.1) is 11.8 Å². The zero-order valence-corrected chi connectivity index (χ0v) is 17.4. The molecule has 2 aromatic rings. The van der Waals surface area contributed by atoms with Crippen molar-refractivity contribution in [2.24, 2.45) is 0 Å². The molecule has 0 aromatic heterocycles. The molecule has 0 aliphatic rings. The molecule has 0 spiro atoms. The predicted octanol–water partition coefficient (Wildman–Crippen LogP) is 3.03. The van der Waals surface area contributed by atoms with Crippen LogP contribution >= 0.6 is 27.7 Å². The van der Waals surface area contributed by atoms with Crippen molar-refractivity contribution in [3.63, 3.8) is 0 Å². The molecule has 0 aliphatic heterocycles. The monoisotopic (exact) mass is 421 g/mol. The first-order chi connectivity index (χ1) is 12.0. The standard InChI is InChI=1S/C20H25BrN2OS/c1-15(25-14-16-8-10-19(21)11-9-16)20(24)22-12-17-6-4-5-7-18(17)13-23(2)3/h4-11,15H,12-14H2,1-3H3,(H,22,24)/p+1/t15-/m0/s1. The van der Waals surface area contributed by atoms with Crippen LogP contribution in [-0.4, -0.2) is 25.3 Å². The van der Waals surface area contributed by atoms with E-state index in [1.807, 2.05) is 25.1 Å². The van der Waals surface area contributed by atoms with Gasteiger partial charge in [-0.3, -0.25) is 4.79 Å². The highest BCUT2D eigenvalue weighted by molar-refractivity contribution is 9.10. The number of quaternary nitrogens is 1. The van der Waals surface area contributed by atoms with Crippen LogP contribution in [0.2, 0.25) is 0 Å². The summed E-state index contributed by atoms with van der Waals surface area (Å²) in [5, 5.41) is 3.01. The molecule has 134 valence electrons. The van der Waals surface area contributed by atoms with Gasteiger partial charge in [-0.05, 0) is 30.2 Å². The van der Waals surface area contributed by atoms with Crippen molar-refractivity contribution >= 4 is 33.6 Å². The fourth-order valence-corrected chi connectivity index (χ4v) is 3.62. The zero-order valence-electron chi connectivity index (χ0n) is 15.0. The van der Waals surface area contributed by atoms with Crippen LogP contribution in [0.5, 0.6) is 0 Å². The molecule has 0 aliphatic carbocycles. The van der Waals surface area contributed by atoms with E-state index in [0.717, 1.165) is 16.8 Å². The van der Waals surface area contributed by atoms with E-state index in [1.165, 1.54) is 21.6 Å². The molecule has 3 nitrogen and oxygen atoms in total. The zero-order chi connectivity index (χ0) is 18.2. The molecule has 5 heteroatoms. The van der Waals surface area contributed by atoms with E-state index in [1.54, 1.807) is 11.8 Å². The Labute approximate surface area is 163 Å². The maximum absolute atomic E-state index is 12.4.